The van der Waals surface area contributed by atoms with Gasteiger partial charge in [0.05, 0.1) is 11.6 Å². The lowest BCUT2D eigenvalue weighted by molar-refractivity contribution is 0.626. The second kappa shape index (κ2) is 4.59. The van der Waals surface area contributed by atoms with Gasteiger partial charge < -0.3 is 0 Å². The van der Waals surface area contributed by atoms with Crippen LogP contribution in [-0.2, 0) is 6.42 Å². The highest BCUT2D eigenvalue weighted by Crippen LogP contribution is 2.11. The van der Waals surface area contributed by atoms with E-state index in [4.69, 9.17) is 5.26 Å². The molecule has 0 heterocycles. The first kappa shape index (κ1) is 10.4. The van der Waals surface area contributed by atoms with Gasteiger partial charge in [-0.1, -0.05) is 24.3 Å². The number of benzene rings is 2. The van der Waals surface area contributed by atoms with Crippen LogP contribution in [0.1, 0.15) is 16.7 Å². The van der Waals surface area contributed by atoms with Crippen molar-refractivity contribution in [1.29, 1.82) is 5.26 Å². The maximum Gasteiger partial charge on any atom is 0.123 e. The molecule has 0 amide bonds. The van der Waals surface area contributed by atoms with Gasteiger partial charge in [-0.25, -0.2) is 4.39 Å². The molecule has 0 atom stereocenters. The Kier molecular flexibility index (Phi) is 2.98. The molecule has 0 fully saturated rings. The van der Waals surface area contributed by atoms with Crippen molar-refractivity contribution < 1.29 is 4.39 Å². The molecule has 2 aromatic carbocycles. The summed E-state index contributed by atoms with van der Waals surface area (Å²) in [4.78, 5) is 0. The summed E-state index contributed by atoms with van der Waals surface area (Å²) in [5.41, 5.74) is 2.65. The fraction of sp³-hybridized carbons (Fsp3) is 0.0714. The minimum Gasteiger partial charge on any atom is -0.207 e. The van der Waals surface area contributed by atoms with Crippen molar-refractivity contribution in [3.05, 3.63) is 71.0 Å². The Balaban J connectivity index is 2.18. The standard InChI is InChI=1S/C14H10FN/c15-14-3-1-2-13(9-14)8-11-4-6-12(10-16)7-5-11/h1-7,9H,8H2. The molecule has 0 spiro atoms. The zero-order chi connectivity index (χ0) is 11.4. The van der Waals surface area contributed by atoms with Crippen LogP contribution >= 0.6 is 0 Å². The molecule has 0 bridgehead atoms. The summed E-state index contributed by atoms with van der Waals surface area (Å²) in [6.45, 7) is 0. The van der Waals surface area contributed by atoms with Gasteiger partial charge >= 0.3 is 0 Å². The number of hydrogen-bond acceptors (Lipinski definition) is 1. The molecule has 0 aromatic heterocycles. The van der Waals surface area contributed by atoms with Gasteiger partial charge in [0.2, 0.25) is 0 Å². The number of rotatable bonds is 2. The summed E-state index contributed by atoms with van der Waals surface area (Å²) in [5.74, 6) is -0.217. The second-order valence-corrected chi connectivity index (χ2v) is 3.62. The lowest BCUT2D eigenvalue weighted by atomic mass is 10.0. The molecule has 16 heavy (non-hydrogen) atoms. The Bertz CT molecular complexity index is 523. The minimum absolute atomic E-state index is 0.217. The lowest BCUT2D eigenvalue weighted by Gasteiger charge is -2.01. The van der Waals surface area contributed by atoms with Crippen molar-refractivity contribution in [3.63, 3.8) is 0 Å². The van der Waals surface area contributed by atoms with Crippen LogP contribution in [0.4, 0.5) is 4.39 Å². The molecule has 0 aliphatic carbocycles. The van der Waals surface area contributed by atoms with E-state index in [1.807, 2.05) is 18.2 Å². The Hall–Kier alpha value is -2.14. The van der Waals surface area contributed by atoms with E-state index in [0.717, 1.165) is 11.1 Å². The fourth-order valence-electron chi connectivity index (χ4n) is 1.58. The Labute approximate surface area is 93.8 Å². The van der Waals surface area contributed by atoms with Crippen molar-refractivity contribution >= 4 is 0 Å². The van der Waals surface area contributed by atoms with Crippen LogP contribution in [0.25, 0.3) is 0 Å². The molecule has 2 rings (SSSR count). The van der Waals surface area contributed by atoms with Crippen molar-refractivity contribution in [2.45, 2.75) is 6.42 Å². The molecule has 0 radical (unpaired) electrons. The third kappa shape index (κ3) is 2.46. The highest BCUT2D eigenvalue weighted by Gasteiger charge is 1.98. The van der Waals surface area contributed by atoms with Crippen LogP contribution in [0.5, 0.6) is 0 Å². The van der Waals surface area contributed by atoms with Gasteiger partial charge in [0.15, 0.2) is 0 Å². The summed E-state index contributed by atoms with van der Waals surface area (Å²) in [6, 6.07) is 15.9. The molecule has 2 heteroatoms. The second-order valence-electron chi connectivity index (χ2n) is 3.62. The van der Waals surface area contributed by atoms with Crippen LogP contribution in [0.2, 0.25) is 0 Å². The zero-order valence-electron chi connectivity index (χ0n) is 8.65. The van der Waals surface area contributed by atoms with Crippen molar-refractivity contribution in [2.75, 3.05) is 0 Å². The Morgan fingerprint density at radius 1 is 1.00 bits per heavy atom. The number of halogens is 1. The number of nitriles is 1. The van der Waals surface area contributed by atoms with Crippen molar-refractivity contribution in [2.24, 2.45) is 0 Å². The summed E-state index contributed by atoms with van der Waals surface area (Å²) in [6.07, 6.45) is 0.684. The fourth-order valence-corrected chi connectivity index (χ4v) is 1.58. The van der Waals surface area contributed by atoms with E-state index in [2.05, 4.69) is 6.07 Å². The first-order chi connectivity index (χ1) is 7.78. The normalized spacial score (nSPS) is 9.75. The van der Waals surface area contributed by atoms with Crippen LogP contribution in [0.3, 0.4) is 0 Å². The van der Waals surface area contributed by atoms with Crippen LogP contribution in [-0.4, -0.2) is 0 Å². The third-order valence-electron chi connectivity index (χ3n) is 2.38. The van der Waals surface area contributed by atoms with Gasteiger partial charge in [0.25, 0.3) is 0 Å². The summed E-state index contributed by atoms with van der Waals surface area (Å²) >= 11 is 0. The quantitative estimate of drug-likeness (QED) is 0.747. The van der Waals surface area contributed by atoms with Crippen LogP contribution in [0, 0.1) is 17.1 Å². The van der Waals surface area contributed by atoms with E-state index in [1.54, 1.807) is 18.2 Å². The molecule has 0 saturated carbocycles. The van der Waals surface area contributed by atoms with Crippen molar-refractivity contribution in [3.8, 4) is 6.07 Å². The average molecular weight is 211 g/mol. The average Bonchev–Trinajstić information content (AvgIpc) is 2.30. The van der Waals surface area contributed by atoms with Crippen LogP contribution in [0.15, 0.2) is 48.5 Å². The molecule has 1 nitrogen and oxygen atoms in total. The summed E-state index contributed by atoms with van der Waals surface area (Å²) in [7, 11) is 0. The minimum atomic E-state index is -0.217. The largest absolute Gasteiger partial charge is 0.207 e. The summed E-state index contributed by atoms with van der Waals surface area (Å²) < 4.78 is 12.9. The van der Waals surface area contributed by atoms with Gasteiger partial charge in [-0.2, -0.15) is 5.26 Å². The predicted molar refractivity (Wildman–Crippen MR) is 60.4 cm³/mol. The first-order valence-electron chi connectivity index (χ1n) is 5.01. The molecule has 78 valence electrons. The Morgan fingerprint density at radius 2 is 1.75 bits per heavy atom. The highest BCUT2D eigenvalue weighted by molar-refractivity contribution is 5.34. The maximum atomic E-state index is 12.9. The van der Waals surface area contributed by atoms with E-state index in [1.165, 1.54) is 12.1 Å². The topological polar surface area (TPSA) is 23.8 Å². The predicted octanol–water partition coefficient (Wildman–Crippen LogP) is 3.29. The third-order valence-corrected chi connectivity index (χ3v) is 2.38. The van der Waals surface area contributed by atoms with E-state index < -0.39 is 0 Å². The van der Waals surface area contributed by atoms with E-state index in [9.17, 15) is 4.39 Å². The van der Waals surface area contributed by atoms with E-state index in [0.29, 0.717) is 12.0 Å². The van der Waals surface area contributed by atoms with E-state index >= 15 is 0 Å². The van der Waals surface area contributed by atoms with E-state index in [-0.39, 0.29) is 5.82 Å². The molecule has 0 aliphatic heterocycles. The molecule has 0 saturated heterocycles. The first-order valence-corrected chi connectivity index (χ1v) is 5.01. The molecular weight excluding hydrogens is 201 g/mol. The molecular formula is C14H10FN. The number of nitrogens with zero attached hydrogens (tertiary/aromatic N) is 1. The highest BCUT2D eigenvalue weighted by atomic mass is 19.1. The maximum absolute atomic E-state index is 12.9. The lowest BCUT2D eigenvalue weighted by Crippen LogP contribution is -1.89. The van der Waals surface area contributed by atoms with Gasteiger partial charge in [-0.15, -0.1) is 0 Å². The molecule has 0 unspecified atom stereocenters. The van der Waals surface area contributed by atoms with Gasteiger partial charge in [-0.05, 0) is 41.8 Å². The van der Waals surface area contributed by atoms with Crippen molar-refractivity contribution in [1.82, 2.24) is 0 Å². The summed E-state index contributed by atoms with van der Waals surface area (Å²) in [5, 5.41) is 8.66. The van der Waals surface area contributed by atoms with Crippen LogP contribution < -0.4 is 0 Å². The molecule has 0 aliphatic rings. The number of hydrogen-bond donors (Lipinski definition) is 0. The SMILES string of the molecule is N#Cc1ccc(Cc2cccc(F)c2)cc1. The monoisotopic (exact) mass is 211 g/mol. The van der Waals surface area contributed by atoms with Gasteiger partial charge in [0, 0.05) is 0 Å². The smallest absolute Gasteiger partial charge is 0.123 e. The Morgan fingerprint density at radius 3 is 2.38 bits per heavy atom. The zero-order valence-corrected chi connectivity index (χ0v) is 8.65. The van der Waals surface area contributed by atoms with Gasteiger partial charge in [0.1, 0.15) is 5.82 Å². The van der Waals surface area contributed by atoms with Gasteiger partial charge in [-0.3, -0.25) is 0 Å². The molecule has 2 aromatic rings. The molecule has 0 N–H and O–H groups in total.